The smallest absolute Gasteiger partial charge is 0.406 e. The van der Waals surface area contributed by atoms with Gasteiger partial charge in [0.1, 0.15) is 0 Å². The minimum atomic E-state index is -0.495. The van der Waals surface area contributed by atoms with E-state index in [1.54, 1.807) is 13.8 Å². The van der Waals surface area contributed by atoms with Gasteiger partial charge in [-0.15, -0.1) is 0 Å². The lowest BCUT2D eigenvalue weighted by atomic mass is 10.1. The number of alkyl carbamates (subject to hydrolysis) is 1. The molecule has 1 heterocycles. The van der Waals surface area contributed by atoms with E-state index >= 15 is 0 Å². The Balaban J connectivity index is 0. The highest BCUT2D eigenvalue weighted by atomic mass is 16.6. The van der Waals surface area contributed by atoms with Gasteiger partial charge in [0.05, 0.1) is 18.9 Å². The van der Waals surface area contributed by atoms with Gasteiger partial charge in [-0.05, 0) is 6.92 Å². The average Bonchev–Trinajstić information content (AvgIpc) is 2.68. The molecule has 116 valence electrons. The maximum atomic E-state index is 10.3. The summed E-state index contributed by atoms with van der Waals surface area (Å²) in [5.41, 5.74) is 4.54. The van der Waals surface area contributed by atoms with E-state index in [-0.39, 0.29) is 18.4 Å². The number of esters is 2. The number of amides is 3. The fraction of sp³-hybridized carbons (Fsp3) is 0.636. The van der Waals surface area contributed by atoms with E-state index in [1.165, 1.54) is 14.1 Å². The van der Waals surface area contributed by atoms with E-state index in [2.05, 4.69) is 25.8 Å². The lowest BCUT2D eigenvalue weighted by Crippen LogP contribution is -2.24. The highest BCUT2D eigenvalue weighted by Crippen LogP contribution is 2.13. The number of primary amides is 1. The van der Waals surface area contributed by atoms with Gasteiger partial charge in [0, 0.05) is 14.1 Å². The summed E-state index contributed by atoms with van der Waals surface area (Å²) in [6, 6.07) is -0.495. The Morgan fingerprint density at radius 1 is 1.35 bits per heavy atom. The summed E-state index contributed by atoms with van der Waals surface area (Å²) in [5, 5.41) is 4.47. The molecular formula is C11H21N3O6. The molecule has 3 amide bonds. The molecule has 0 bridgehead atoms. The highest BCUT2D eigenvalue weighted by Gasteiger charge is 2.28. The van der Waals surface area contributed by atoms with Gasteiger partial charge in [-0.2, -0.15) is 0 Å². The Morgan fingerprint density at radius 2 is 1.85 bits per heavy atom. The Bertz CT molecular complexity index is 345. The third-order valence-electron chi connectivity index (χ3n) is 1.82. The first-order valence-electron chi connectivity index (χ1n) is 5.84. The Kier molecular flexibility index (Phi) is 11.8. The first-order chi connectivity index (χ1) is 9.28. The van der Waals surface area contributed by atoms with Crippen molar-refractivity contribution in [1.29, 1.82) is 0 Å². The van der Waals surface area contributed by atoms with Crippen LogP contribution in [0.4, 0.5) is 9.59 Å². The maximum absolute atomic E-state index is 10.3. The van der Waals surface area contributed by atoms with Crippen molar-refractivity contribution in [3.63, 3.8) is 0 Å². The Hall–Kier alpha value is -2.32. The molecule has 0 aromatic carbocycles. The van der Waals surface area contributed by atoms with Crippen molar-refractivity contribution in [3.05, 3.63) is 0 Å². The monoisotopic (exact) mass is 291 g/mol. The fourth-order valence-electron chi connectivity index (χ4n) is 0.791. The van der Waals surface area contributed by atoms with Crippen molar-refractivity contribution in [2.75, 3.05) is 20.7 Å². The summed E-state index contributed by atoms with van der Waals surface area (Å²) in [4.78, 5) is 40.1. The molecule has 0 saturated carbocycles. The number of carbonyl (C=O) groups is 4. The zero-order valence-electron chi connectivity index (χ0n) is 12.0. The number of hydrogen-bond donors (Lipinski definition) is 3. The number of urea groups is 1. The molecule has 0 spiro atoms. The molecule has 20 heavy (non-hydrogen) atoms. The number of rotatable bonds is 1. The van der Waals surface area contributed by atoms with Gasteiger partial charge in [0.15, 0.2) is 0 Å². The third-order valence-corrected chi connectivity index (χ3v) is 1.82. The average molecular weight is 291 g/mol. The van der Waals surface area contributed by atoms with Gasteiger partial charge >= 0.3 is 24.1 Å². The molecule has 1 atom stereocenters. The predicted molar refractivity (Wildman–Crippen MR) is 69.6 cm³/mol. The second kappa shape index (κ2) is 11.8. The Morgan fingerprint density at radius 3 is 1.95 bits per heavy atom. The van der Waals surface area contributed by atoms with Gasteiger partial charge < -0.3 is 25.8 Å². The SMILES string of the molecule is CC1CC(=O)OC1=O.CCOC(=O)NC.CNC(N)=O. The molecular weight excluding hydrogens is 270 g/mol. The van der Waals surface area contributed by atoms with E-state index in [0.717, 1.165) is 0 Å². The first-order valence-corrected chi connectivity index (χ1v) is 5.84. The predicted octanol–water partition coefficient (Wildman–Crippen LogP) is -0.257. The summed E-state index contributed by atoms with van der Waals surface area (Å²) in [6.45, 7) is 3.86. The zero-order valence-corrected chi connectivity index (χ0v) is 12.0. The molecule has 0 radical (unpaired) electrons. The lowest BCUT2D eigenvalue weighted by molar-refractivity contribution is -0.152. The minimum Gasteiger partial charge on any atom is -0.450 e. The van der Waals surface area contributed by atoms with E-state index in [4.69, 9.17) is 0 Å². The van der Waals surface area contributed by atoms with Crippen molar-refractivity contribution < 1.29 is 28.7 Å². The van der Waals surface area contributed by atoms with Gasteiger partial charge in [-0.3, -0.25) is 9.59 Å². The van der Waals surface area contributed by atoms with Crippen LogP contribution in [0.3, 0.4) is 0 Å². The highest BCUT2D eigenvalue weighted by molar-refractivity contribution is 5.94. The summed E-state index contributed by atoms with van der Waals surface area (Å²) < 4.78 is 8.64. The van der Waals surface area contributed by atoms with Crippen molar-refractivity contribution in [3.8, 4) is 0 Å². The number of nitrogens with one attached hydrogen (secondary N) is 2. The second-order valence-electron chi connectivity index (χ2n) is 3.48. The van der Waals surface area contributed by atoms with Crippen LogP contribution in [-0.4, -0.2) is 44.8 Å². The molecule has 0 aromatic heterocycles. The van der Waals surface area contributed by atoms with Crippen LogP contribution in [0.25, 0.3) is 0 Å². The van der Waals surface area contributed by atoms with E-state index in [1.807, 2.05) is 0 Å². The number of hydrogen-bond acceptors (Lipinski definition) is 6. The molecule has 1 saturated heterocycles. The molecule has 1 aliphatic rings. The molecule has 1 unspecified atom stereocenters. The van der Waals surface area contributed by atoms with E-state index in [0.29, 0.717) is 6.61 Å². The maximum Gasteiger partial charge on any atom is 0.406 e. The van der Waals surface area contributed by atoms with Crippen LogP contribution in [-0.2, 0) is 19.1 Å². The molecule has 0 aliphatic carbocycles. The molecule has 0 aromatic rings. The second-order valence-corrected chi connectivity index (χ2v) is 3.48. The standard InChI is InChI=1S/C5H6O3.C4H9NO2.C2H6N2O/c1-3-2-4(6)8-5(3)7;1-3-7-4(6)5-2;1-4-2(3)5/h3H,2H2,1H3;3H2,1-2H3,(H,5,6);1H3,(H3,3,4,5). The van der Waals surface area contributed by atoms with Crippen molar-refractivity contribution in [2.45, 2.75) is 20.3 Å². The largest absolute Gasteiger partial charge is 0.450 e. The number of carbonyl (C=O) groups excluding carboxylic acids is 4. The van der Waals surface area contributed by atoms with Crippen LogP contribution in [0.5, 0.6) is 0 Å². The molecule has 1 aliphatic heterocycles. The van der Waals surface area contributed by atoms with Crippen LogP contribution < -0.4 is 16.4 Å². The van der Waals surface area contributed by atoms with E-state index < -0.39 is 18.0 Å². The minimum absolute atomic E-state index is 0.220. The number of cyclic esters (lactones) is 2. The summed E-state index contributed by atoms with van der Waals surface area (Å²) >= 11 is 0. The van der Waals surface area contributed by atoms with Crippen LogP contribution >= 0.6 is 0 Å². The fourth-order valence-corrected chi connectivity index (χ4v) is 0.791. The molecule has 4 N–H and O–H groups in total. The Labute approximate surface area is 117 Å². The molecule has 9 heteroatoms. The van der Waals surface area contributed by atoms with Gasteiger partial charge in [-0.25, -0.2) is 9.59 Å². The molecule has 1 fully saturated rings. The third kappa shape index (κ3) is 12.1. The van der Waals surface area contributed by atoms with Crippen molar-refractivity contribution in [1.82, 2.24) is 10.6 Å². The van der Waals surface area contributed by atoms with Crippen molar-refractivity contribution >= 4 is 24.1 Å². The van der Waals surface area contributed by atoms with Crippen LogP contribution in [0.1, 0.15) is 20.3 Å². The van der Waals surface area contributed by atoms with Crippen LogP contribution in [0.2, 0.25) is 0 Å². The van der Waals surface area contributed by atoms with Crippen LogP contribution in [0, 0.1) is 5.92 Å². The number of ether oxygens (including phenoxy) is 2. The normalized spacial score (nSPS) is 15.7. The topological polar surface area (TPSA) is 137 Å². The summed E-state index contributed by atoms with van der Waals surface area (Å²) in [6.07, 6.45) is -0.124. The summed E-state index contributed by atoms with van der Waals surface area (Å²) in [7, 11) is 3.00. The lowest BCUT2D eigenvalue weighted by Gasteiger charge is -1.95. The van der Waals surface area contributed by atoms with Gasteiger partial charge in [0.2, 0.25) is 0 Å². The quantitative estimate of drug-likeness (QED) is 0.449. The number of nitrogens with two attached hydrogens (primary N) is 1. The summed E-state index contributed by atoms with van der Waals surface area (Å²) in [5.74, 6) is -1.01. The van der Waals surface area contributed by atoms with Crippen LogP contribution in [0.15, 0.2) is 0 Å². The van der Waals surface area contributed by atoms with Crippen molar-refractivity contribution in [2.24, 2.45) is 11.7 Å². The zero-order chi connectivity index (χ0) is 16.1. The van der Waals surface area contributed by atoms with E-state index in [9.17, 15) is 19.2 Å². The van der Waals surface area contributed by atoms with Gasteiger partial charge in [0.25, 0.3) is 0 Å². The molecule has 9 nitrogen and oxygen atoms in total. The molecule has 1 rings (SSSR count). The van der Waals surface area contributed by atoms with Gasteiger partial charge in [-0.1, -0.05) is 6.92 Å². The first kappa shape index (κ1) is 20.0.